The summed E-state index contributed by atoms with van der Waals surface area (Å²) in [6, 6.07) is 0. The van der Waals surface area contributed by atoms with E-state index in [1.807, 2.05) is 11.8 Å². The Morgan fingerprint density at radius 2 is 2.22 bits per heavy atom. The fourth-order valence-electron chi connectivity index (χ4n) is 2.27. The zero-order valence-electron chi connectivity index (χ0n) is 11.5. The number of carbonyl (C=O) groups is 1. The Bertz CT molecular complexity index is 307. The molecule has 104 valence electrons. The fourth-order valence-corrected chi connectivity index (χ4v) is 2.36. The largest absolute Gasteiger partial charge is 0.393 e. The van der Waals surface area contributed by atoms with E-state index in [2.05, 4.69) is 13.8 Å². The molecule has 4 nitrogen and oxygen atoms in total. The van der Waals surface area contributed by atoms with E-state index in [0.29, 0.717) is 30.5 Å². The summed E-state index contributed by atoms with van der Waals surface area (Å²) in [6.45, 7) is 8.24. The van der Waals surface area contributed by atoms with E-state index < -0.39 is 0 Å². The Kier molecular flexibility index (Phi) is 6.02. The van der Waals surface area contributed by atoms with Gasteiger partial charge in [-0.3, -0.25) is 4.79 Å². The molecule has 0 aromatic carbocycles. The predicted octanol–water partition coefficient (Wildman–Crippen LogP) is 1.57. The molecule has 0 bridgehead atoms. The number of hydrogen-bond acceptors (Lipinski definition) is 3. The second-order valence-electron chi connectivity index (χ2n) is 5.37. The molecule has 5 heteroatoms. The number of ether oxygens (including phenoxy) is 1. The smallest absolute Gasteiger partial charge is 0.228 e. The molecule has 18 heavy (non-hydrogen) atoms. The van der Waals surface area contributed by atoms with Crippen LogP contribution in [0.1, 0.15) is 33.6 Å². The van der Waals surface area contributed by atoms with E-state index in [4.69, 9.17) is 22.7 Å². The first-order chi connectivity index (χ1) is 8.41. The van der Waals surface area contributed by atoms with Crippen molar-refractivity contribution in [3.8, 4) is 0 Å². The van der Waals surface area contributed by atoms with Crippen LogP contribution in [-0.4, -0.2) is 41.6 Å². The lowest BCUT2D eigenvalue weighted by atomic mass is 10.00. The van der Waals surface area contributed by atoms with Gasteiger partial charge >= 0.3 is 0 Å². The molecule has 1 rings (SSSR count). The molecule has 2 atom stereocenters. The first-order valence-electron chi connectivity index (χ1n) is 6.60. The molecular weight excluding hydrogens is 248 g/mol. The maximum Gasteiger partial charge on any atom is 0.228 e. The minimum Gasteiger partial charge on any atom is -0.393 e. The lowest BCUT2D eigenvalue weighted by molar-refractivity contribution is -0.137. The van der Waals surface area contributed by atoms with Gasteiger partial charge < -0.3 is 15.4 Å². The first kappa shape index (κ1) is 15.4. The van der Waals surface area contributed by atoms with Gasteiger partial charge in [-0.05, 0) is 19.3 Å². The summed E-state index contributed by atoms with van der Waals surface area (Å²) in [5, 5.41) is 0. The number of nitrogens with two attached hydrogens (primary N) is 1. The third-order valence-corrected chi connectivity index (χ3v) is 3.42. The summed E-state index contributed by atoms with van der Waals surface area (Å²) < 4.78 is 5.47. The maximum absolute atomic E-state index is 12.5. The zero-order chi connectivity index (χ0) is 13.7. The number of hydrogen-bond donors (Lipinski definition) is 1. The van der Waals surface area contributed by atoms with E-state index >= 15 is 0 Å². The number of carbonyl (C=O) groups excluding carboxylic acids is 1. The Morgan fingerprint density at radius 1 is 1.56 bits per heavy atom. The predicted molar refractivity (Wildman–Crippen MR) is 76.3 cm³/mol. The van der Waals surface area contributed by atoms with Crippen molar-refractivity contribution in [2.24, 2.45) is 17.6 Å². The second-order valence-corrected chi connectivity index (χ2v) is 5.89. The average molecular weight is 272 g/mol. The number of nitrogens with zero attached hydrogens (tertiary/aromatic N) is 1. The molecule has 1 aliphatic rings. The number of rotatable bonds is 6. The standard InChI is InChI=1S/C13H24N2O2S/c1-9(2)8-15(6-4-12(14)18)13(16)11-5-7-17-10(11)3/h9-11H,4-8H2,1-3H3,(H2,14,18). The van der Waals surface area contributed by atoms with Crippen molar-refractivity contribution in [3.05, 3.63) is 0 Å². The van der Waals surface area contributed by atoms with Gasteiger partial charge in [0.05, 0.1) is 17.0 Å². The van der Waals surface area contributed by atoms with Gasteiger partial charge in [-0.25, -0.2) is 0 Å². The van der Waals surface area contributed by atoms with Crippen LogP contribution in [0.15, 0.2) is 0 Å². The van der Waals surface area contributed by atoms with Crippen LogP contribution in [-0.2, 0) is 9.53 Å². The molecule has 1 saturated heterocycles. The van der Waals surface area contributed by atoms with Crippen molar-refractivity contribution >= 4 is 23.1 Å². The third-order valence-electron chi connectivity index (χ3n) is 3.22. The summed E-state index contributed by atoms with van der Waals surface area (Å²) in [7, 11) is 0. The first-order valence-corrected chi connectivity index (χ1v) is 7.01. The monoisotopic (exact) mass is 272 g/mol. The lowest BCUT2D eigenvalue weighted by Gasteiger charge is -2.28. The molecule has 1 fully saturated rings. The summed E-state index contributed by atoms with van der Waals surface area (Å²) >= 11 is 4.89. The van der Waals surface area contributed by atoms with Gasteiger partial charge in [-0.1, -0.05) is 26.1 Å². The van der Waals surface area contributed by atoms with Crippen molar-refractivity contribution in [3.63, 3.8) is 0 Å². The van der Waals surface area contributed by atoms with E-state index in [9.17, 15) is 4.79 Å². The highest BCUT2D eigenvalue weighted by molar-refractivity contribution is 7.80. The highest BCUT2D eigenvalue weighted by atomic mass is 32.1. The summed E-state index contributed by atoms with van der Waals surface area (Å²) in [5.41, 5.74) is 5.52. The lowest BCUT2D eigenvalue weighted by Crippen LogP contribution is -2.42. The molecule has 0 saturated carbocycles. The molecule has 1 aliphatic heterocycles. The molecule has 1 heterocycles. The molecule has 0 spiro atoms. The van der Waals surface area contributed by atoms with Crippen molar-refractivity contribution in [2.75, 3.05) is 19.7 Å². The van der Waals surface area contributed by atoms with Crippen LogP contribution in [0.3, 0.4) is 0 Å². The van der Waals surface area contributed by atoms with Crippen LogP contribution in [0.25, 0.3) is 0 Å². The molecule has 0 aliphatic carbocycles. The Hall–Kier alpha value is -0.680. The zero-order valence-corrected chi connectivity index (χ0v) is 12.3. The van der Waals surface area contributed by atoms with E-state index in [1.54, 1.807) is 0 Å². The minimum absolute atomic E-state index is 0.00454. The molecule has 2 N–H and O–H groups in total. The second kappa shape index (κ2) is 7.04. The van der Waals surface area contributed by atoms with E-state index in [0.717, 1.165) is 13.0 Å². The van der Waals surface area contributed by atoms with Crippen molar-refractivity contribution in [2.45, 2.75) is 39.7 Å². The molecule has 0 radical (unpaired) electrons. The van der Waals surface area contributed by atoms with E-state index in [-0.39, 0.29) is 17.9 Å². The van der Waals surface area contributed by atoms with Crippen LogP contribution in [0.5, 0.6) is 0 Å². The Morgan fingerprint density at radius 3 is 2.67 bits per heavy atom. The maximum atomic E-state index is 12.5. The van der Waals surface area contributed by atoms with Crippen LogP contribution in [0.4, 0.5) is 0 Å². The highest BCUT2D eigenvalue weighted by Gasteiger charge is 2.33. The molecule has 0 aromatic heterocycles. The van der Waals surface area contributed by atoms with Crippen LogP contribution in [0.2, 0.25) is 0 Å². The van der Waals surface area contributed by atoms with E-state index in [1.165, 1.54) is 0 Å². The van der Waals surface area contributed by atoms with Gasteiger partial charge in [0, 0.05) is 26.1 Å². The minimum atomic E-state index is -0.00454. The van der Waals surface area contributed by atoms with Gasteiger partial charge in [0.25, 0.3) is 0 Å². The molecule has 0 aromatic rings. The summed E-state index contributed by atoms with van der Waals surface area (Å²) in [6.07, 6.45) is 1.44. The molecular formula is C13H24N2O2S. The highest BCUT2D eigenvalue weighted by Crippen LogP contribution is 2.23. The van der Waals surface area contributed by atoms with Crippen LogP contribution >= 0.6 is 12.2 Å². The number of amides is 1. The topological polar surface area (TPSA) is 55.6 Å². The quantitative estimate of drug-likeness (QED) is 0.746. The normalized spacial score (nSPS) is 23.3. The third kappa shape index (κ3) is 4.53. The summed E-state index contributed by atoms with van der Waals surface area (Å²) in [5.74, 6) is 0.623. The summed E-state index contributed by atoms with van der Waals surface area (Å²) in [4.78, 5) is 14.8. The Balaban J connectivity index is 2.62. The van der Waals surface area contributed by atoms with Gasteiger partial charge in [-0.2, -0.15) is 0 Å². The number of thiocarbonyl (C=S) groups is 1. The Labute approximate surface area is 115 Å². The molecule has 1 amide bonds. The van der Waals surface area contributed by atoms with Gasteiger partial charge in [0.1, 0.15) is 0 Å². The van der Waals surface area contributed by atoms with Crippen LogP contribution < -0.4 is 5.73 Å². The fraction of sp³-hybridized carbons (Fsp3) is 0.846. The van der Waals surface area contributed by atoms with Crippen molar-refractivity contribution < 1.29 is 9.53 Å². The van der Waals surface area contributed by atoms with Gasteiger partial charge in [0.15, 0.2) is 0 Å². The van der Waals surface area contributed by atoms with Gasteiger partial charge in [-0.15, -0.1) is 0 Å². The average Bonchev–Trinajstić information content (AvgIpc) is 2.69. The molecule has 2 unspecified atom stereocenters. The van der Waals surface area contributed by atoms with Gasteiger partial charge in [0.2, 0.25) is 5.91 Å². The van der Waals surface area contributed by atoms with Crippen molar-refractivity contribution in [1.29, 1.82) is 0 Å². The van der Waals surface area contributed by atoms with Crippen molar-refractivity contribution in [1.82, 2.24) is 4.90 Å². The SMILES string of the molecule is CC(C)CN(CCC(N)=S)C(=O)C1CCOC1C. The van der Waals surface area contributed by atoms with Crippen LogP contribution in [0, 0.1) is 11.8 Å².